The first kappa shape index (κ1) is 22.2. The molecular formula is C27H17Cl2NO5. The van der Waals surface area contributed by atoms with Crippen LogP contribution >= 0.6 is 23.2 Å². The van der Waals surface area contributed by atoms with Crippen molar-refractivity contribution in [2.24, 2.45) is 11.8 Å². The summed E-state index contributed by atoms with van der Waals surface area (Å²) in [6.07, 6.45) is -0.977. The lowest BCUT2D eigenvalue weighted by atomic mass is 9.77. The molecule has 0 aromatic heterocycles. The summed E-state index contributed by atoms with van der Waals surface area (Å²) >= 11 is 12.4. The zero-order chi connectivity index (χ0) is 24.6. The number of carbonyl (C=O) groups is 4. The van der Waals surface area contributed by atoms with Gasteiger partial charge in [0.05, 0.1) is 28.6 Å². The van der Waals surface area contributed by atoms with Gasteiger partial charge >= 0.3 is 0 Å². The highest BCUT2D eigenvalue weighted by Gasteiger charge is 2.74. The second kappa shape index (κ2) is 7.59. The lowest BCUT2D eigenvalue weighted by molar-refractivity contribution is -0.127. The fourth-order valence-corrected chi connectivity index (χ4v) is 5.97. The van der Waals surface area contributed by atoms with E-state index in [1.54, 1.807) is 24.3 Å². The number of fused-ring (bicyclic) bond motifs is 3. The number of aryl methyl sites for hydroxylation is 1. The van der Waals surface area contributed by atoms with Crippen LogP contribution in [-0.2, 0) is 14.3 Å². The number of carbonyl (C=O) groups excluding carboxylic acids is 4. The van der Waals surface area contributed by atoms with Gasteiger partial charge in [-0.25, -0.2) is 4.90 Å². The predicted octanol–water partition coefficient (Wildman–Crippen LogP) is 5.00. The molecule has 6 rings (SSSR count). The van der Waals surface area contributed by atoms with Crippen molar-refractivity contribution in [3.05, 3.63) is 99.0 Å². The fourth-order valence-electron chi connectivity index (χ4n) is 5.47. The monoisotopic (exact) mass is 505 g/mol. The van der Waals surface area contributed by atoms with Crippen LogP contribution in [0.2, 0.25) is 10.0 Å². The molecular weight excluding hydrogens is 489 g/mol. The third-order valence-electron chi connectivity index (χ3n) is 7.08. The molecule has 0 radical (unpaired) electrons. The van der Waals surface area contributed by atoms with E-state index in [2.05, 4.69) is 0 Å². The number of anilines is 1. The molecule has 2 aliphatic heterocycles. The van der Waals surface area contributed by atoms with Gasteiger partial charge in [-0.05, 0) is 30.7 Å². The fraction of sp³-hybridized carbons (Fsp3) is 0.185. The molecule has 6 nitrogen and oxygen atoms in total. The van der Waals surface area contributed by atoms with Crippen LogP contribution in [0.25, 0.3) is 0 Å². The summed E-state index contributed by atoms with van der Waals surface area (Å²) < 4.78 is 6.26. The van der Waals surface area contributed by atoms with Crippen LogP contribution in [0.3, 0.4) is 0 Å². The Bertz CT molecular complexity index is 1430. The molecule has 1 aliphatic carbocycles. The number of hydrogen-bond acceptors (Lipinski definition) is 5. The summed E-state index contributed by atoms with van der Waals surface area (Å²) in [4.78, 5) is 56.2. The van der Waals surface area contributed by atoms with Gasteiger partial charge in [-0.3, -0.25) is 19.2 Å². The van der Waals surface area contributed by atoms with Gasteiger partial charge in [-0.2, -0.15) is 0 Å². The average Bonchev–Trinajstić information content (AvgIpc) is 3.40. The van der Waals surface area contributed by atoms with Gasteiger partial charge < -0.3 is 4.74 Å². The summed E-state index contributed by atoms with van der Waals surface area (Å²) in [6.45, 7) is 1.92. The number of ether oxygens (including phenoxy) is 1. The largest absolute Gasteiger partial charge is 0.349 e. The molecule has 174 valence electrons. The minimum atomic E-state index is -2.12. The first-order valence-corrected chi connectivity index (χ1v) is 11.8. The van der Waals surface area contributed by atoms with E-state index < -0.39 is 46.9 Å². The van der Waals surface area contributed by atoms with E-state index in [9.17, 15) is 19.2 Å². The summed E-state index contributed by atoms with van der Waals surface area (Å²) in [7, 11) is 0. The second-order valence-corrected chi connectivity index (χ2v) is 9.84. The molecule has 3 aromatic rings. The van der Waals surface area contributed by atoms with E-state index in [0.29, 0.717) is 10.6 Å². The topological polar surface area (TPSA) is 80.8 Å². The molecule has 0 saturated carbocycles. The predicted molar refractivity (Wildman–Crippen MR) is 129 cm³/mol. The molecule has 3 aliphatic rings. The van der Waals surface area contributed by atoms with Gasteiger partial charge in [0, 0.05) is 16.1 Å². The van der Waals surface area contributed by atoms with E-state index >= 15 is 0 Å². The van der Waals surface area contributed by atoms with E-state index in [1.807, 2.05) is 19.1 Å². The Balaban J connectivity index is 1.55. The Kier molecular flexibility index (Phi) is 4.81. The average molecular weight is 506 g/mol. The van der Waals surface area contributed by atoms with Crippen LogP contribution < -0.4 is 4.90 Å². The van der Waals surface area contributed by atoms with Crippen molar-refractivity contribution < 1.29 is 23.9 Å². The van der Waals surface area contributed by atoms with Gasteiger partial charge in [-0.1, -0.05) is 77.3 Å². The molecule has 2 fully saturated rings. The molecule has 8 heteroatoms. The van der Waals surface area contributed by atoms with Crippen molar-refractivity contribution in [3.8, 4) is 0 Å². The number of amides is 2. The summed E-state index contributed by atoms with van der Waals surface area (Å²) in [5.74, 6) is -4.91. The maximum absolute atomic E-state index is 13.9. The van der Waals surface area contributed by atoms with Crippen LogP contribution in [-0.4, -0.2) is 29.0 Å². The first-order chi connectivity index (χ1) is 16.8. The van der Waals surface area contributed by atoms with E-state index in [-0.39, 0.29) is 21.8 Å². The number of rotatable bonds is 2. The molecule has 3 atom stereocenters. The van der Waals surface area contributed by atoms with Crippen LogP contribution in [0, 0.1) is 18.8 Å². The van der Waals surface area contributed by atoms with Crippen molar-refractivity contribution in [3.63, 3.8) is 0 Å². The highest BCUT2D eigenvalue weighted by molar-refractivity contribution is 6.40. The highest BCUT2D eigenvalue weighted by atomic mass is 35.5. The van der Waals surface area contributed by atoms with E-state index in [1.165, 1.54) is 30.3 Å². The summed E-state index contributed by atoms with van der Waals surface area (Å²) in [5.41, 5.74) is -0.0163. The SMILES string of the molecule is Cc1ccc(C2OC3(C(=O)c4ccccc4C3=O)C3C(=O)N(c4ccc(Cl)cc4Cl)C(=O)C23)cc1. The molecule has 2 saturated heterocycles. The van der Waals surface area contributed by atoms with Gasteiger partial charge in [0.25, 0.3) is 0 Å². The number of hydrogen-bond donors (Lipinski definition) is 0. The molecule has 2 amide bonds. The van der Waals surface area contributed by atoms with Crippen molar-refractivity contribution in [2.45, 2.75) is 18.6 Å². The van der Waals surface area contributed by atoms with E-state index in [4.69, 9.17) is 27.9 Å². The molecule has 0 bridgehead atoms. The van der Waals surface area contributed by atoms with Crippen LogP contribution in [0.5, 0.6) is 0 Å². The third kappa shape index (κ3) is 2.88. The molecule has 3 unspecified atom stereocenters. The zero-order valence-electron chi connectivity index (χ0n) is 18.3. The van der Waals surface area contributed by atoms with Crippen molar-refractivity contribution >= 4 is 52.3 Å². The highest BCUT2D eigenvalue weighted by Crippen LogP contribution is 2.58. The number of nitrogens with zero attached hydrogens (tertiary/aromatic N) is 1. The Morgan fingerprint density at radius 2 is 1.46 bits per heavy atom. The van der Waals surface area contributed by atoms with Gasteiger partial charge in [0.15, 0.2) is 0 Å². The molecule has 35 heavy (non-hydrogen) atoms. The van der Waals surface area contributed by atoms with Crippen LogP contribution in [0.4, 0.5) is 5.69 Å². The minimum Gasteiger partial charge on any atom is -0.349 e. The number of imide groups is 1. The van der Waals surface area contributed by atoms with Gasteiger partial charge in [0.1, 0.15) is 0 Å². The van der Waals surface area contributed by atoms with Crippen LogP contribution in [0.15, 0.2) is 66.7 Å². The maximum atomic E-state index is 13.9. The number of ketones is 2. The molecule has 2 heterocycles. The maximum Gasteiger partial charge on any atom is 0.241 e. The van der Waals surface area contributed by atoms with Crippen molar-refractivity contribution in [2.75, 3.05) is 4.90 Å². The normalized spacial score (nSPS) is 24.4. The number of benzene rings is 3. The van der Waals surface area contributed by atoms with Crippen LogP contribution in [0.1, 0.15) is 37.9 Å². The second-order valence-electron chi connectivity index (χ2n) is 9.00. The smallest absolute Gasteiger partial charge is 0.241 e. The quantitative estimate of drug-likeness (QED) is 0.361. The standard InChI is InChI=1S/C27H17Cl2NO5/c1-13-6-8-14(9-7-13)22-20-21(26(34)30(25(20)33)19-11-10-15(28)12-18(19)29)27(35-22)23(31)16-4-2-3-5-17(16)24(27)32/h2-12,20-22H,1H3. The molecule has 1 spiro atoms. The van der Waals surface area contributed by atoms with Crippen molar-refractivity contribution in [1.29, 1.82) is 0 Å². The Hall–Kier alpha value is -3.32. The molecule has 3 aromatic carbocycles. The van der Waals surface area contributed by atoms with E-state index in [0.717, 1.165) is 10.5 Å². The third-order valence-corrected chi connectivity index (χ3v) is 7.61. The van der Waals surface area contributed by atoms with Gasteiger partial charge in [0.2, 0.25) is 29.0 Å². The first-order valence-electron chi connectivity index (χ1n) is 11.0. The summed E-state index contributed by atoms with van der Waals surface area (Å²) in [5, 5.41) is 0.445. The lowest BCUT2D eigenvalue weighted by Crippen LogP contribution is -2.51. The Labute approximate surface area is 210 Å². The number of Topliss-reactive ketones (excluding diaryl/α,β-unsaturated/α-hetero) is 2. The molecule has 0 N–H and O–H groups in total. The van der Waals surface area contributed by atoms with Crippen molar-refractivity contribution in [1.82, 2.24) is 0 Å². The lowest BCUT2D eigenvalue weighted by Gasteiger charge is -2.27. The van der Waals surface area contributed by atoms with Gasteiger partial charge in [-0.15, -0.1) is 0 Å². The number of halogens is 2. The Morgan fingerprint density at radius 3 is 2.06 bits per heavy atom. The zero-order valence-corrected chi connectivity index (χ0v) is 19.8. The minimum absolute atomic E-state index is 0.105. The Morgan fingerprint density at radius 1 is 0.829 bits per heavy atom. The summed E-state index contributed by atoms with van der Waals surface area (Å²) in [6, 6.07) is 18.0.